The zero-order valence-electron chi connectivity index (χ0n) is 8.13. The second kappa shape index (κ2) is 5.41. The third-order valence-electron chi connectivity index (χ3n) is 1.87. The van der Waals surface area contributed by atoms with Crippen molar-refractivity contribution in [3.63, 3.8) is 0 Å². The van der Waals surface area contributed by atoms with Gasteiger partial charge < -0.3 is 16.2 Å². The van der Waals surface area contributed by atoms with Crippen LogP contribution >= 0.6 is 22.6 Å². The number of hydrogen-bond acceptors (Lipinski definition) is 3. The molecule has 0 aliphatic carbocycles. The molecule has 0 fully saturated rings. The molecule has 0 aliphatic rings. The van der Waals surface area contributed by atoms with E-state index in [1.54, 1.807) is 6.92 Å². The predicted octanol–water partition coefficient (Wildman–Crippen LogP) is 2.06. The molecule has 3 nitrogen and oxygen atoms in total. The van der Waals surface area contributed by atoms with Gasteiger partial charge in [0.1, 0.15) is 0 Å². The number of aliphatic hydroxyl groups is 1. The standard InChI is InChI=1S/C10H15IN2O/c1-7(14)4-5-13-10-3-2-8(12)6-9(10)11/h2-3,6-7,13-14H,4-5,12H2,1H3. The number of benzene rings is 1. The summed E-state index contributed by atoms with van der Waals surface area (Å²) in [5.41, 5.74) is 7.48. The predicted molar refractivity (Wildman–Crippen MR) is 68.4 cm³/mol. The van der Waals surface area contributed by atoms with E-state index in [0.717, 1.165) is 27.9 Å². The molecule has 1 aromatic rings. The van der Waals surface area contributed by atoms with Crippen molar-refractivity contribution in [2.45, 2.75) is 19.4 Å². The van der Waals surface area contributed by atoms with E-state index in [0.29, 0.717) is 0 Å². The van der Waals surface area contributed by atoms with E-state index in [1.165, 1.54) is 0 Å². The van der Waals surface area contributed by atoms with E-state index in [4.69, 9.17) is 10.8 Å². The summed E-state index contributed by atoms with van der Waals surface area (Å²) in [5.74, 6) is 0. The first kappa shape index (κ1) is 11.6. The lowest BCUT2D eigenvalue weighted by atomic mass is 10.2. The first-order chi connectivity index (χ1) is 6.59. The molecular weight excluding hydrogens is 291 g/mol. The maximum absolute atomic E-state index is 9.08. The van der Waals surface area contributed by atoms with Crippen LogP contribution in [-0.2, 0) is 0 Å². The van der Waals surface area contributed by atoms with Gasteiger partial charge in [0.25, 0.3) is 0 Å². The third-order valence-corrected chi connectivity index (χ3v) is 2.76. The third kappa shape index (κ3) is 3.71. The largest absolute Gasteiger partial charge is 0.399 e. The van der Waals surface area contributed by atoms with Crippen molar-refractivity contribution in [2.24, 2.45) is 0 Å². The van der Waals surface area contributed by atoms with Gasteiger partial charge in [0.05, 0.1) is 6.10 Å². The minimum absolute atomic E-state index is 0.256. The molecule has 0 aromatic heterocycles. The number of nitrogen functional groups attached to an aromatic ring is 1. The monoisotopic (exact) mass is 306 g/mol. The van der Waals surface area contributed by atoms with E-state index >= 15 is 0 Å². The fourth-order valence-corrected chi connectivity index (χ4v) is 1.82. The molecule has 14 heavy (non-hydrogen) atoms. The summed E-state index contributed by atoms with van der Waals surface area (Å²) in [6, 6.07) is 5.75. The van der Waals surface area contributed by atoms with Crippen molar-refractivity contribution in [3.05, 3.63) is 21.8 Å². The van der Waals surface area contributed by atoms with Gasteiger partial charge in [-0.3, -0.25) is 0 Å². The summed E-state index contributed by atoms with van der Waals surface area (Å²) in [6.07, 6.45) is 0.495. The lowest BCUT2D eigenvalue weighted by molar-refractivity contribution is 0.189. The van der Waals surface area contributed by atoms with Crippen molar-refractivity contribution in [1.82, 2.24) is 0 Å². The fraction of sp³-hybridized carbons (Fsp3) is 0.400. The van der Waals surface area contributed by atoms with Gasteiger partial charge in [-0.1, -0.05) is 0 Å². The van der Waals surface area contributed by atoms with Crippen LogP contribution < -0.4 is 11.1 Å². The van der Waals surface area contributed by atoms with E-state index in [9.17, 15) is 0 Å². The summed E-state index contributed by atoms with van der Waals surface area (Å²) < 4.78 is 1.10. The van der Waals surface area contributed by atoms with Gasteiger partial charge >= 0.3 is 0 Å². The highest BCUT2D eigenvalue weighted by Gasteiger charge is 2.00. The highest BCUT2D eigenvalue weighted by Crippen LogP contribution is 2.20. The molecule has 78 valence electrons. The maximum atomic E-state index is 9.08. The van der Waals surface area contributed by atoms with Crippen LogP contribution in [0, 0.1) is 3.57 Å². The molecular formula is C10H15IN2O. The SMILES string of the molecule is CC(O)CCNc1ccc(N)cc1I. The molecule has 1 atom stereocenters. The minimum Gasteiger partial charge on any atom is -0.399 e. The van der Waals surface area contributed by atoms with Gasteiger partial charge in [-0.05, 0) is 54.1 Å². The number of nitrogens with one attached hydrogen (secondary N) is 1. The van der Waals surface area contributed by atoms with Crippen LogP contribution in [0.25, 0.3) is 0 Å². The van der Waals surface area contributed by atoms with Crippen LogP contribution in [0.1, 0.15) is 13.3 Å². The molecule has 0 amide bonds. The number of rotatable bonds is 4. The quantitative estimate of drug-likeness (QED) is 0.589. The number of anilines is 2. The molecule has 0 radical (unpaired) electrons. The van der Waals surface area contributed by atoms with Gasteiger partial charge in [0.15, 0.2) is 0 Å². The number of aliphatic hydroxyl groups excluding tert-OH is 1. The fourth-order valence-electron chi connectivity index (χ4n) is 1.09. The summed E-state index contributed by atoms with van der Waals surface area (Å²) in [6.45, 7) is 2.56. The molecule has 1 aromatic carbocycles. The molecule has 0 spiro atoms. The van der Waals surface area contributed by atoms with E-state index in [2.05, 4.69) is 27.9 Å². The number of nitrogens with two attached hydrogens (primary N) is 1. The Labute approximate surface area is 97.8 Å². The smallest absolute Gasteiger partial charge is 0.0528 e. The highest BCUT2D eigenvalue weighted by molar-refractivity contribution is 14.1. The molecule has 0 aliphatic heterocycles. The summed E-state index contributed by atoms with van der Waals surface area (Å²) >= 11 is 2.24. The Balaban J connectivity index is 2.51. The number of halogens is 1. The molecule has 1 rings (SSSR count). The second-order valence-corrected chi connectivity index (χ2v) is 4.47. The molecule has 1 unspecified atom stereocenters. The van der Waals surface area contributed by atoms with E-state index < -0.39 is 0 Å². The average Bonchev–Trinajstić information content (AvgIpc) is 2.08. The van der Waals surface area contributed by atoms with Crippen molar-refractivity contribution in [1.29, 1.82) is 0 Å². The van der Waals surface area contributed by atoms with Gasteiger partial charge in [-0.25, -0.2) is 0 Å². The van der Waals surface area contributed by atoms with Crippen LogP contribution in [0.4, 0.5) is 11.4 Å². The molecule has 0 heterocycles. The Bertz CT molecular complexity index is 302. The summed E-state index contributed by atoms with van der Waals surface area (Å²) in [4.78, 5) is 0. The van der Waals surface area contributed by atoms with Crippen molar-refractivity contribution in [2.75, 3.05) is 17.6 Å². The van der Waals surface area contributed by atoms with Gasteiger partial charge in [0, 0.05) is 21.5 Å². The highest BCUT2D eigenvalue weighted by atomic mass is 127. The Morgan fingerprint density at radius 2 is 2.29 bits per heavy atom. The molecule has 0 saturated heterocycles. The first-order valence-corrected chi connectivity index (χ1v) is 5.64. The van der Waals surface area contributed by atoms with Gasteiger partial charge in [-0.2, -0.15) is 0 Å². The van der Waals surface area contributed by atoms with Crippen molar-refractivity contribution >= 4 is 34.0 Å². The van der Waals surface area contributed by atoms with Crippen molar-refractivity contribution < 1.29 is 5.11 Å². The van der Waals surface area contributed by atoms with Gasteiger partial charge in [0.2, 0.25) is 0 Å². The summed E-state index contributed by atoms with van der Waals surface area (Å²) in [7, 11) is 0. The van der Waals surface area contributed by atoms with Crippen LogP contribution in [0.3, 0.4) is 0 Å². The van der Waals surface area contributed by atoms with Crippen LogP contribution in [0.5, 0.6) is 0 Å². The second-order valence-electron chi connectivity index (χ2n) is 3.30. The molecule has 0 saturated carbocycles. The van der Waals surface area contributed by atoms with Crippen LogP contribution in [0.2, 0.25) is 0 Å². The van der Waals surface area contributed by atoms with Crippen molar-refractivity contribution in [3.8, 4) is 0 Å². The minimum atomic E-state index is -0.256. The summed E-state index contributed by atoms with van der Waals surface area (Å²) in [5, 5.41) is 12.3. The lowest BCUT2D eigenvalue weighted by Crippen LogP contribution is -2.10. The first-order valence-electron chi connectivity index (χ1n) is 4.56. The molecule has 0 bridgehead atoms. The maximum Gasteiger partial charge on any atom is 0.0528 e. The Morgan fingerprint density at radius 3 is 2.86 bits per heavy atom. The number of hydrogen-bond donors (Lipinski definition) is 3. The zero-order chi connectivity index (χ0) is 10.6. The van der Waals surface area contributed by atoms with Crippen LogP contribution in [0.15, 0.2) is 18.2 Å². The normalized spacial score (nSPS) is 12.5. The molecule has 4 heteroatoms. The lowest BCUT2D eigenvalue weighted by Gasteiger charge is -2.10. The van der Waals surface area contributed by atoms with Crippen LogP contribution in [-0.4, -0.2) is 17.8 Å². The zero-order valence-corrected chi connectivity index (χ0v) is 10.3. The average molecular weight is 306 g/mol. The van der Waals surface area contributed by atoms with Gasteiger partial charge in [-0.15, -0.1) is 0 Å². The Morgan fingerprint density at radius 1 is 1.57 bits per heavy atom. The van der Waals surface area contributed by atoms with E-state index in [-0.39, 0.29) is 6.10 Å². The topological polar surface area (TPSA) is 58.3 Å². The Kier molecular flexibility index (Phi) is 4.47. The Hall–Kier alpha value is -0.490. The molecule has 4 N–H and O–H groups in total. The van der Waals surface area contributed by atoms with E-state index in [1.807, 2.05) is 18.2 Å².